The fourth-order valence-corrected chi connectivity index (χ4v) is 3.16. The fraction of sp³-hybridized carbons (Fsp3) is 0.381. The number of hydrogen-bond acceptors (Lipinski definition) is 2. The molecule has 2 unspecified atom stereocenters. The van der Waals surface area contributed by atoms with Crippen molar-refractivity contribution in [2.45, 2.75) is 32.2 Å². The van der Waals surface area contributed by atoms with E-state index >= 15 is 0 Å². The Labute approximate surface area is 150 Å². The molecule has 3 rings (SSSR count). The second kappa shape index (κ2) is 8.56. The minimum atomic E-state index is 0.209. The summed E-state index contributed by atoms with van der Waals surface area (Å²) in [6.45, 7) is 6.62. The van der Waals surface area contributed by atoms with Gasteiger partial charge in [0.25, 0.3) is 0 Å². The molecule has 0 aromatic heterocycles. The first-order valence-corrected chi connectivity index (χ1v) is 9.09. The zero-order valence-corrected chi connectivity index (χ0v) is 15.0. The van der Waals surface area contributed by atoms with E-state index < -0.39 is 0 Å². The number of guanidine groups is 1. The van der Waals surface area contributed by atoms with Crippen LogP contribution in [0.3, 0.4) is 0 Å². The largest absolute Gasteiger partial charge is 0.493 e. The van der Waals surface area contributed by atoms with Crippen molar-refractivity contribution in [1.82, 2.24) is 10.6 Å². The van der Waals surface area contributed by atoms with Crippen LogP contribution in [0.5, 0.6) is 5.75 Å². The van der Waals surface area contributed by atoms with E-state index in [0.29, 0.717) is 5.92 Å². The van der Waals surface area contributed by atoms with Gasteiger partial charge < -0.3 is 15.4 Å². The summed E-state index contributed by atoms with van der Waals surface area (Å²) in [5.41, 5.74) is 2.52. The number of nitrogens with zero attached hydrogens (tertiary/aromatic N) is 1. The van der Waals surface area contributed by atoms with E-state index in [0.717, 1.165) is 37.8 Å². The summed E-state index contributed by atoms with van der Waals surface area (Å²) in [4.78, 5) is 4.84. The highest BCUT2D eigenvalue weighted by molar-refractivity contribution is 5.80. The Morgan fingerprint density at radius 2 is 1.92 bits per heavy atom. The predicted molar refractivity (Wildman–Crippen MR) is 103 cm³/mol. The van der Waals surface area contributed by atoms with Crippen LogP contribution >= 0.6 is 0 Å². The van der Waals surface area contributed by atoms with Crippen molar-refractivity contribution in [2.75, 3.05) is 19.7 Å². The highest BCUT2D eigenvalue weighted by Crippen LogP contribution is 2.33. The second-order valence-electron chi connectivity index (χ2n) is 6.37. The lowest BCUT2D eigenvalue weighted by molar-refractivity contribution is 0.269. The molecule has 0 fully saturated rings. The van der Waals surface area contributed by atoms with Gasteiger partial charge in [-0.25, -0.2) is 0 Å². The lowest BCUT2D eigenvalue weighted by Gasteiger charge is -2.25. The van der Waals surface area contributed by atoms with E-state index in [1.54, 1.807) is 0 Å². The molecular weight excluding hydrogens is 310 g/mol. The summed E-state index contributed by atoms with van der Waals surface area (Å²) >= 11 is 0. The Balaban J connectivity index is 1.69. The van der Waals surface area contributed by atoms with Gasteiger partial charge in [0.2, 0.25) is 0 Å². The van der Waals surface area contributed by atoms with E-state index in [-0.39, 0.29) is 6.04 Å². The zero-order chi connectivity index (χ0) is 17.5. The molecule has 2 N–H and O–H groups in total. The van der Waals surface area contributed by atoms with Crippen LogP contribution < -0.4 is 15.4 Å². The molecule has 0 aliphatic carbocycles. The highest BCUT2D eigenvalue weighted by atomic mass is 16.5. The maximum absolute atomic E-state index is 5.75. The van der Waals surface area contributed by atoms with Crippen LogP contribution in [-0.2, 0) is 0 Å². The fourth-order valence-electron chi connectivity index (χ4n) is 3.16. The minimum absolute atomic E-state index is 0.209. The molecule has 4 heteroatoms. The third-order valence-corrected chi connectivity index (χ3v) is 4.55. The molecule has 0 bridgehead atoms. The van der Waals surface area contributed by atoms with Gasteiger partial charge in [0, 0.05) is 19.0 Å². The Hall–Kier alpha value is -2.49. The summed E-state index contributed by atoms with van der Waals surface area (Å²) in [6.07, 6.45) is 1.01. The van der Waals surface area contributed by atoms with Crippen LogP contribution in [0.15, 0.2) is 59.6 Å². The standard InChI is InChI=1S/C21H27N3O/c1-3-22-21(24-16(2)17-9-5-4-6-10-17)23-15-18-13-14-25-20-12-8-7-11-19(18)20/h4-12,16,18H,3,13-15H2,1-2H3,(H2,22,23,24). The van der Waals surface area contributed by atoms with Gasteiger partial charge in [-0.1, -0.05) is 48.5 Å². The first-order valence-electron chi connectivity index (χ1n) is 9.09. The van der Waals surface area contributed by atoms with Crippen molar-refractivity contribution >= 4 is 5.96 Å². The van der Waals surface area contributed by atoms with Gasteiger partial charge >= 0.3 is 0 Å². The zero-order valence-electron chi connectivity index (χ0n) is 15.0. The van der Waals surface area contributed by atoms with Crippen molar-refractivity contribution in [3.05, 3.63) is 65.7 Å². The number of fused-ring (bicyclic) bond motifs is 1. The summed E-state index contributed by atoms with van der Waals surface area (Å²) in [5.74, 6) is 2.28. The number of ether oxygens (including phenoxy) is 1. The van der Waals surface area contributed by atoms with Gasteiger partial charge in [0.05, 0.1) is 12.6 Å². The van der Waals surface area contributed by atoms with Crippen LogP contribution in [0.4, 0.5) is 0 Å². The van der Waals surface area contributed by atoms with E-state index in [9.17, 15) is 0 Å². The smallest absolute Gasteiger partial charge is 0.191 e. The summed E-state index contributed by atoms with van der Waals surface area (Å²) in [6, 6.07) is 19.0. The Morgan fingerprint density at radius 3 is 2.72 bits per heavy atom. The normalized spacial score (nSPS) is 18.0. The second-order valence-corrected chi connectivity index (χ2v) is 6.37. The number of hydrogen-bond donors (Lipinski definition) is 2. The van der Waals surface area contributed by atoms with Gasteiger partial charge in [0.1, 0.15) is 5.75 Å². The summed E-state index contributed by atoms with van der Waals surface area (Å²) < 4.78 is 5.75. The van der Waals surface area contributed by atoms with Gasteiger partial charge in [0.15, 0.2) is 5.96 Å². The van der Waals surface area contributed by atoms with Gasteiger partial charge in [-0.2, -0.15) is 0 Å². The third-order valence-electron chi connectivity index (χ3n) is 4.55. The molecule has 2 atom stereocenters. The average Bonchev–Trinajstić information content (AvgIpc) is 2.67. The predicted octanol–water partition coefficient (Wildman–Crippen LogP) is 3.87. The van der Waals surface area contributed by atoms with Crippen LogP contribution in [0.1, 0.15) is 43.4 Å². The lowest BCUT2D eigenvalue weighted by atomic mass is 9.93. The number of para-hydroxylation sites is 1. The van der Waals surface area contributed by atoms with Crippen molar-refractivity contribution in [3.8, 4) is 5.75 Å². The number of rotatable bonds is 5. The SMILES string of the molecule is CCNC(=NCC1CCOc2ccccc21)NC(C)c1ccccc1. The summed E-state index contributed by atoms with van der Waals surface area (Å²) in [5, 5.41) is 6.86. The first-order chi connectivity index (χ1) is 12.3. The molecule has 4 nitrogen and oxygen atoms in total. The molecule has 1 aliphatic rings. The van der Waals surface area contributed by atoms with Crippen molar-refractivity contribution in [2.24, 2.45) is 4.99 Å². The molecule has 0 spiro atoms. The Bertz CT molecular complexity index is 699. The van der Waals surface area contributed by atoms with Gasteiger partial charge in [-0.3, -0.25) is 4.99 Å². The molecular formula is C21H27N3O. The van der Waals surface area contributed by atoms with Crippen LogP contribution in [0.25, 0.3) is 0 Å². The van der Waals surface area contributed by atoms with Crippen molar-refractivity contribution in [3.63, 3.8) is 0 Å². The maximum atomic E-state index is 5.75. The van der Waals surface area contributed by atoms with Gasteiger partial charge in [-0.15, -0.1) is 0 Å². The molecule has 25 heavy (non-hydrogen) atoms. The molecule has 2 aromatic rings. The molecule has 1 aliphatic heterocycles. The lowest BCUT2D eigenvalue weighted by Crippen LogP contribution is -2.39. The molecule has 0 radical (unpaired) electrons. The molecule has 0 saturated heterocycles. The molecule has 0 amide bonds. The van der Waals surface area contributed by atoms with Crippen LogP contribution in [0.2, 0.25) is 0 Å². The molecule has 0 saturated carbocycles. The van der Waals surface area contributed by atoms with E-state index in [4.69, 9.17) is 9.73 Å². The number of benzene rings is 2. The van der Waals surface area contributed by atoms with Crippen molar-refractivity contribution < 1.29 is 4.74 Å². The quantitative estimate of drug-likeness (QED) is 0.643. The van der Waals surface area contributed by atoms with E-state index in [1.807, 2.05) is 18.2 Å². The minimum Gasteiger partial charge on any atom is -0.493 e. The van der Waals surface area contributed by atoms with Gasteiger partial charge in [-0.05, 0) is 37.5 Å². The topological polar surface area (TPSA) is 45.7 Å². The Morgan fingerprint density at radius 1 is 1.16 bits per heavy atom. The summed E-state index contributed by atoms with van der Waals surface area (Å²) in [7, 11) is 0. The van der Waals surface area contributed by atoms with E-state index in [2.05, 4.69) is 60.9 Å². The first kappa shape index (κ1) is 17.3. The average molecular weight is 337 g/mol. The third kappa shape index (κ3) is 4.53. The highest BCUT2D eigenvalue weighted by Gasteiger charge is 2.20. The number of aliphatic imine (C=N–C) groups is 1. The molecule has 1 heterocycles. The molecule has 132 valence electrons. The maximum Gasteiger partial charge on any atom is 0.191 e. The number of nitrogens with one attached hydrogen (secondary N) is 2. The van der Waals surface area contributed by atoms with Crippen LogP contribution in [-0.4, -0.2) is 25.7 Å². The van der Waals surface area contributed by atoms with Crippen molar-refractivity contribution in [1.29, 1.82) is 0 Å². The van der Waals surface area contributed by atoms with E-state index in [1.165, 1.54) is 11.1 Å². The molecule has 2 aromatic carbocycles. The monoisotopic (exact) mass is 337 g/mol. The Kier molecular flexibility index (Phi) is 5.94. The van der Waals surface area contributed by atoms with Crippen LogP contribution in [0, 0.1) is 0 Å².